The summed E-state index contributed by atoms with van der Waals surface area (Å²) in [5, 5.41) is 0. The van der Waals surface area contributed by atoms with Gasteiger partial charge < -0.3 is 9.80 Å². The van der Waals surface area contributed by atoms with Crippen molar-refractivity contribution < 1.29 is 16.8 Å². The molecule has 0 aliphatic carbocycles. The summed E-state index contributed by atoms with van der Waals surface area (Å²) in [6.07, 6.45) is 0. The van der Waals surface area contributed by atoms with Crippen molar-refractivity contribution in [3.63, 3.8) is 0 Å². The van der Waals surface area contributed by atoms with Gasteiger partial charge in [-0.25, -0.2) is 16.8 Å². The van der Waals surface area contributed by atoms with E-state index in [1.54, 1.807) is 38.4 Å². The molecule has 0 unspecified atom stereocenters. The van der Waals surface area contributed by atoms with Crippen molar-refractivity contribution in [1.29, 1.82) is 0 Å². The average Bonchev–Trinajstić information content (AvgIpc) is 2.91. The van der Waals surface area contributed by atoms with Crippen LogP contribution in [-0.2, 0) is 33.1 Å². The summed E-state index contributed by atoms with van der Waals surface area (Å²) >= 11 is 0. The molecular weight excluding hydrogens is 544 g/mol. The lowest BCUT2D eigenvalue weighted by molar-refractivity contribution is 0.298. The second-order valence-corrected chi connectivity index (χ2v) is 14.7. The van der Waals surface area contributed by atoms with Crippen LogP contribution in [0.1, 0.15) is 22.3 Å². The van der Waals surface area contributed by atoms with Gasteiger partial charge in [0.25, 0.3) is 0 Å². The van der Waals surface area contributed by atoms with Crippen molar-refractivity contribution in [1.82, 2.24) is 18.4 Å². The van der Waals surface area contributed by atoms with Crippen molar-refractivity contribution in [2.45, 2.75) is 36.7 Å². The van der Waals surface area contributed by atoms with E-state index in [9.17, 15) is 16.8 Å². The molecule has 0 aliphatic rings. The summed E-state index contributed by atoms with van der Waals surface area (Å²) < 4.78 is 54.1. The number of rotatable bonds is 14. The monoisotopic (exact) mass is 586 g/mol. The quantitative estimate of drug-likeness (QED) is 0.286. The first kappa shape index (κ1) is 31.9. The van der Waals surface area contributed by atoms with Crippen LogP contribution in [0.25, 0.3) is 0 Å². The second-order valence-electron chi connectivity index (χ2n) is 10.6. The van der Waals surface area contributed by atoms with E-state index in [1.165, 1.54) is 8.61 Å². The Morgan fingerprint density at radius 2 is 0.775 bits per heavy atom. The summed E-state index contributed by atoms with van der Waals surface area (Å²) in [6, 6.07) is 22.2. The van der Waals surface area contributed by atoms with E-state index in [1.807, 2.05) is 52.2 Å². The molecule has 0 bridgehead atoms. The van der Waals surface area contributed by atoms with Crippen LogP contribution in [0.4, 0.5) is 0 Å². The van der Waals surface area contributed by atoms with Gasteiger partial charge >= 0.3 is 0 Å². The molecule has 3 rings (SSSR count). The Labute approximate surface area is 240 Å². The van der Waals surface area contributed by atoms with Crippen LogP contribution in [0.3, 0.4) is 0 Å². The smallest absolute Gasteiger partial charge is 0.242 e. The molecule has 0 N–H and O–H groups in total. The Morgan fingerprint density at radius 1 is 0.475 bits per heavy atom. The third kappa shape index (κ3) is 8.70. The van der Waals surface area contributed by atoms with E-state index < -0.39 is 20.0 Å². The molecule has 0 amide bonds. The molecule has 218 valence electrons. The van der Waals surface area contributed by atoms with Crippen LogP contribution in [0, 0.1) is 13.8 Å². The fourth-order valence-corrected chi connectivity index (χ4v) is 6.50. The maximum Gasteiger partial charge on any atom is 0.242 e. The van der Waals surface area contributed by atoms with E-state index in [4.69, 9.17) is 0 Å². The van der Waals surface area contributed by atoms with E-state index in [0.29, 0.717) is 49.1 Å². The Bertz CT molecular complexity index is 1330. The van der Waals surface area contributed by atoms with Gasteiger partial charge in [-0.1, -0.05) is 59.7 Å². The van der Waals surface area contributed by atoms with E-state index in [-0.39, 0.29) is 0 Å². The fourth-order valence-electron chi connectivity index (χ4n) is 4.18. The maximum absolute atomic E-state index is 12.8. The van der Waals surface area contributed by atoms with Crippen LogP contribution in [0.15, 0.2) is 82.6 Å². The first-order valence-electron chi connectivity index (χ1n) is 13.3. The number of sulfonamides is 2. The van der Waals surface area contributed by atoms with Gasteiger partial charge in [-0.05, 0) is 63.3 Å². The number of hydrogen-bond donors (Lipinski definition) is 0. The highest BCUT2D eigenvalue weighted by molar-refractivity contribution is 7.89. The minimum atomic E-state index is -3.51. The third-order valence-corrected chi connectivity index (χ3v) is 10.7. The number of benzene rings is 3. The molecular formula is C30H42N4O4S2. The molecule has 0 saturated heterocycles. The highest BCUT2D eigenvalue weighted by atomic mass is 32.2. The van der Waals surface area contributed by atoms with Crippen molar-refractivity contribution in [2.24, 2.45) is 0 Å². The second kappa shape index (κ2) is 13.8. The lowest BCUT2D eigenvalue weighted by Crippen LogP contribution is -2.34. The molecule has 3 aromatic rings. The van der Waals surface area contributed by atoms with E-state index in [0.717, 1.165) is 22.3 Å². The minimum absolute atomic E-state index is 0.309. The van der Waals surface area contributed by atoms with Gasteiger partial charge in [0.15, 0.2) is 0 Å². The molecule has 8 nitrogen and oxygen atoms in total. The molecule has 0 aromatic heterocycles. The van der Waals surface area contributed by atoms with Crippen molar-refractivity contribution in [3.05, 3.63) is 95.1 Å². The van der Waals surface area contributed by atoms with Crippen molar-refractivity contribution in [3.8, 4) is 0 Å². The van der Waals surface area contributed by atoms with Gasteiger partial charge in [0.1, 0.15) is 0 Å². The van der Waals surface area contributed by atoms with Crippen molar-refractivity contribution >= 4 is 20.0 Å². The largest absolute Gasteiger partial charge is 0.301 e. The number of aryl methyl sites for hydroxylation is 2. The third-order valence-electron chi connectivity index (χ3n) is 6.98. The Balaban J connectivity index is 1.45. The molecule has 0 aliphatic heterocycles. The highest BCUT2D eigenvalue weighted by Crippen LogP contribution is 2.17. The summed E-state index contributed by atoms with van der Waals surface area (Å²) in [7, 11) is 0.172. The fraction of sp³-hybridized carbons (Fsp3) is 0.400. The Kier molecular flexibility index (Phi) is 11.0. The average molecular weight is 587 g/mol. The summed E-state index contributed by atoms with van der Waals surface area (Å²) in [5.74, 6) is 0. The molecule has 3 aromatic carbocycles. The van der Waals surface area contributed by atoms with Gasteiger partial charge in [0.05, 0.1) is 9.79 Å². The minimum Gasteiger partial charge on any atom is -0.301 e. The lowest BCUT2D eigenvalue weighted by atomic mass is 10.1. The normalized spacial score (nSPS) is 12.7. The van der Waals surface area contributed by atoms with Gasteiger partial charge in [0, 0.05) is 53.4 Å². The van der Waals surface area contributed by atoms with Crippen LogP contribution >= 0.6 is 0 Å². The van der Waals surface area contributed by atoms with Gasteiger partial charge in [-0.2, -0.15) is 8.61 Å². The predicted octanol–water partition coefficient (Wildman–Crippen LogP) is 3.81. The van der Waals surface area contributed by atoms with Crippen LogP contribution in [0.2, 0.25) is 0 Å². The maximum atomic E-state index is 12.8. The SMILES string of the molecule is Cc1ccc(S(=O)(=O)N(C)CCN(C)Cc2ccc(CN(C)CCN(C)S(=O)(=O)c3ccc(C)cc3)cc2)cc1. The standard InChI is InChI=1S/C30H42N4O4S2/c1-25-7-15-29(16-8-25)39(35,36)33(5)21-19-31(3)23-27-11-13-28(14-12-27)24-32(4)20-22-34(6)40(37,38)30-17-9-26(2)10-18-30/h7-18H,19-24H2,1-6H3. The first-order valence-corrected chi connectivity index (χ1v) is 16.2. The molecule has 0 heterocycles. The van der Waals surface area contributed by atoms with Gasteiger partial charge in [-0.15, -0.1) is 0 Å². The zero-order valence-corrected chi connectivity index (χ0v) is 26.0. The van der Waals surface area contributed by atoms with Crippen LogP contribution < -0.4 is 0 Å². The molecule has 0 atom stereocenters. The van der Waals surface area contributed by atoms with Gasteiger partial charge in [-0.3, -0.25) is 0 Å². The molecule has 0 fully saturated rings. The first-order chi connectivity index (χ1) is 18.8. The summed E-state index contributed by atoms with van der Waals surface area (Å²) in [5.41, 5.74) is 4.33. The topological polar surface area (TPSA) is 81.2 Å². The molecule has 0 radical (unpaired) electrons. The molecule has 10 heteroatoms. The summed E-state index contributed by atoms with van der Waals surface area (Å²) in [4.78, 5) is 4.82. The Morgan fingerprint density at radius 3 is 1.07 bits per heavy atom. The zero-order valence-electron chi connectivity index (χ0n) is 24.4. The van der Waals surface area contributed by atoms with Gasteiger partial charge in [0.2, 0.25) is 20.0 Å². The highest BCUT2D eigenvalue weighted by Gasteiger charge is 2.21. The number of likely N-dealkylation sites (N-methyl/N-ethyl adjacent to an activating group) is 4. The summed E-state index contributed by atoms with van der Waals surface area (Å²) in [6.45, 7) is 7.26. The van der Waals surface area contributed by atoms with E-state index in [2.05, 4.69) is 34.1 Å². The van der Waals surface area contributed by atoms with E-state index >= 15 is 0 Å². The predicted molar refractivity (Wildman–Crippen MR) is 161 cm³/mol. The van der Waals surface area contributed by atoms with Crippen molar-refractivity contribution in [2.75, 3.05) is 54.4 Å². The zero-order chi connectivity index (χ0) is 29.5. The lowest BCUT2D eigenvalue weighted by Gasteiger charge is -2.23. The molecule has 40 heavy (non-hydrogen) atoms. The Hall–Kier alpha value is -2.60. The molecule has 0 saturated carbocycles. The number of nitrogens with zero attached hydrogens (tertiary/aromatic N) is 4. The molecule has 0 spiro atoms. The van der Waals surface area contributed by atoms with Crippen LogP contribution in [0.5, 0.6) is 0 Å². The van der Waals surface area contributed by atoms with Crippen LogP contribution in [-0.4, -0.2) is 89.6 Å². The number of hydrogen-bond acceptors (Lipinski definition) is 6.